The van der Waals surface area contributed by atoms with Gasteiger partial charge in [-0.15, -0.1) is 0 Å². The molecule has 1 amide bonds. The van der Waals surface area contributed by atoms with Gasteiger partial charge in [0.1, 0.15) is 22.8 Å². The Morgan fingerprint density at radius 2 is 1.24 bits per heavy atom. The topological polar surface area (TPSA) is 134 Å². The average Bonchev–Trinajstić information content (AvgIpc) is 2.87. The number of carbonyl (C=O) groups is 5. The van der Waals surface area contributed by atoms with Crippen molar-refractivity contribution in [1.82, 2.24) is 5.32 Å². The van der Waals surface area contributed by atoms with Crippen molar-refractivity contribution in [2.24, 2.45) is 0 Å². The molecule has 1 N–H and O–H groups in total. The Morgan fingerprint density at radius 3 is 1.79 bits per heavy atom. The second-order valence-corrected chi connectivity index (χ2v) is 7.80. The summed E-state index contributed by atoms with van der Waals surface area (Å²) in [6, 6.07) is 16.9. The molecular formula is C28H25NO9. The number of para-hydroxylation sites is 2. The number of ether oxygens (including phenoxy) is 4. The first-order valence-corrected chi connectivity index (χ1v) is 11.5. The summed E-state index contributed by atoms with van der Waals surface area (Å²) in [4.78, 5) is 61.1. The lowest BCUT2D eigenvalue weighted by Gasteiger charge is -2.19. The summed E-state index contributed by atoms with van der Waals surface area (Å²) in [6.07, 6.45) is 0. The maximum atomic E-state index is 13.0. The van der Waals surface area contributed by atoms with E-state index in [1.54, 1.807) is 31.2 Å². The molecule has 3 aromatic rings. The third kappa shape index (κ3) is 7.26. The Kier molecular flexibility index (Phi) is 9.31. The molecule has 0 fully saturated rings. The van der Waals surface area contributed by atoms with Crippen LogP contribution in [0.2, 0.25) is 0 Å². The van der Waals surface area contributed by atoms with Crippen LogP contribution in [0.25, 0.3) is 0 Å². The molecule has 3 aromatic carbocycles. The minimum atomic E-state index is -1.21. The highest BCUT2D eigenvalue weighted by Gasteiger charge is 2.26. The predicted octanol–water partition coefficient (Wildman–Crippen LogP) is 3.79. The molecule has 0 aliphatic heterocycles. The van der Waals surface area contributed by atoms with E-state index in [0.29, 0.717) is 5.56 Å². The van der Waals surface area contributed by atoms with Gasteiger partial charge in [-0.2, -0.15) is 0 Å². The van der Waals surface area contributed by atoms with Crippen LogP contribution in [0.3, 0.4) is 0 Å². The summed E-state index contributed by atoms with van der Waals surface area (Å²) in [5.41, 5.74) is 0.450. The quantitative estimate of drug-likeness (QED) is 0.331. The van der Waals surface area contributed by atoms with E-state index in [1.165, 1.54) is 62.4 Å². The molecule has 0 spiro atoms. The van der Waals surface area contributed by atoms with Gasteiger partial charge in [-0.1, -0.05) is 36.4 Å². The highest BCUT2D eigenvalue weighted by molar-refractivity contribution is 6.00. The minimum absolute atomic E-state index is 0.0383. The molecule has 38 heavy (non-hydrogen) atoms. The number of hydrogen-bond acceptors (Lipinski definition) is 9. The van der Waals surface area contributed by atoms with E-state index in [0.717, 1.165) is 0 Å². The number of benzene rings is 3. The van der Waals surface area contributed by atoms with Gasteiger partial charge >= 0.3 is 23.9 Å². The van der Waals surface area contributed by atoms with Crippen molar-refractivity contribution in [1.29, 1.82) is 0 Å². The molecule has 0 heterocycles. The fourth-order valence-electron chi connectivity index (χ4n) is 3.38. The average molecular weight is 520 g/mol. The normalized spacial score (nSPS) is 11.0. The zero-order valence-corrected chi connectivity index (χ0v) is 20.9. The fraction of sp³-hybridized carbons (Fsp3) is 0.179. The zero-order valence-electron chi connectivity index (χ0n) is 20.9. The van der Waals surface area contributed by atoms with Crippen LogP contribution in [0.5, 0.6) is 17.2 Å². The van der Waals surface area contributed by atoms with Crippen LogP contribution in [0, 0.1) is 0 Å². The molecule has 0 saturated heterocycles. The SMILES string of the molecule is CCOC(=O)C(NC(=O)c1ccccc1OC(C)=O)c1ccc(OC(=O)c2ccccc2OC(C)=O)cc1. The Labute approximate surface area is 218 Å². The van der Waals surface area contributed by atoms with Crippen LogP contribution in [-0.2, 0) is 19.1 Å². The van der Waals surface area contributed by atoms with E-state index in [2.05, 4.69) is 5.32 Å². The lowest BCUT2D eigenvalue weighted by atomic mass is 10.1. The molecule has 1 atom stereocenters. The molecular weight excluding hydrogens is 494 g/mol. The molecule has 0 radical (unpaired) electrons. The van der Waals surface area contributed by atoms with E-state index in [4.69, 9.17) is 18.9 Å². The summed E-state index contributed by atoms with van der Waals surface area (Å²) < 4.78 is 20.6. The number of hydrogen-bond donors (Lipinski definition) is 1. The molecule has 10 heteroatoms. The highest BCUT2D eigenvalue weighted by Crippen LogP contribution is 2.25. The van der Waals surface area contributed by atoms with E-state index < -0.39 is 35.8 Å². The molecule has 0 aromatic heterocycles. The Hall–Kier alpha value is -4.99. The van der Waals surface area contributed by atoms with Crippen LogP contribution in [0.1, 0.15) is 53.1 Å². The van der Waals surface area contributed by atoms with Crippen molar-refractivity contribution >= 4 is 29.8 Å². The smallest absolute Gasteiger partial charge is 0.347 e. The molecule has 0 saturated carbocycles. The van der Waals surface area contributed by atoms with Gasteiger partial charge in [0.05, 0.1) is 12.2 Å². The fourth-order valence-corrected chi connectivity index (χ4v) is 3.38. The second kappa shape index (κ2) is 12.8. The monoisotopic (exact) mass is 519 g/mol. The first-order valence-electron chi connectivity index (χ1n) is 11.5. The summed E-state index contributed by atoms with van der Waals surface area (Å²) in [7, 11) is 0. The molecule has 1 unspecified atom stereocenters. The van der Waals surface area contributed by atoms with Crippen LogP contribution in [0.4, 0.5) is 0 Å². The van der Waals surface area contributed by atoms with Gasteiger partial charge in [0.25, 0.3) is 5.91 Å². The first kappa shape index (κ1) is 27.6. The summed E-state index contributed by atoms with van der Waals surface area (Å²) >= 11 is 0. The maximum absolute atomic E-state index is 13.0. The molecule has 196 valence electrons. The number of rotatable bonds is 9. The van der Waals surface area contributed by atoms with Crippen LogP contribution < -0.4 is 19.5 Å². The number of esters is 4. The van der Waals surface area contributed by atoms with Crippen LogP contribution in [-0.4, -0.2) is 36.4 Å². The van der Waals surface area contributed by atoms with Gasteiger partial charge in [0.2, 0.25) is 0 Å². The van der Waals surface area contributed by atoms with Gasteiger partial charge in [0.15, 0.2) is 6.04 Å². The predicted molar refractivity (Wildman–Crippen MR) is 134 cm³/mol. The first-order chi connectivity index (χ1) is 18.2. The molecule has 0 aliphatic rings. The van der Waals surface area contributed by atoms with Crippen molar-refractivity contribution < 1.29 is 42.9 Å². The minimum Gasteiger partial charge on any atom is -0.464 e. The summed E-state index contributed by atoms with van der Waals surface area (Å²) in [6.45, 7) is 4.13. The lowest BCUT2D eigenvalue weighted by molar-refractivity contribution is -0.145. The van der Waals surface area contributed by atoms with E-state index in [9.17, 15) is 24.0 Å². The van der Waals surface area contributed by atoms with Crippen molar-refractivity contribution in [2.45, 2.75) is 26.8 Å². The number of amides is 1. The van der Waals surface area contributed by atoms with E-state index >= 15 is 0 Å². The van der Waals surface area contributed by atoms with Crippen molar-refractivity contribution in [3.63, 3.8) is 0 Å². The van der Waals surface area contributed by atoms with Crippen molar-refractivity contribution in [2.75, 3.05) is 6.61 Å². The molecule has 3 rings (SSSR count). The van der Waals surface area contributed by atoms with Crippen molar-refractivity contribution in [3.05, 3.63) is 89.5 Å². The van der Waals surface area contributed by atoms with E-state index in [1.807, 2.05) is 0 Å². The standard InChI is InChI=1S/C28H25NO9/c1-4-35-28(34)25(29-26(32)21-9-5-7-11-23(21)36-17(2)30)19-13-15-20(16-14-19)38-27(33)22-10-6-8-12-24(22)37-18(3)31/h5-16,25H,4H2,1-3H3,(H,29,32). The third-order valence-corrected chi connectivity index (χ3v) is 4.97. The van der Waals surface area contributed by atoms with Crippen molar-refractivity contribution in [3.8, 4) is 17.2 Å². The zero-order chi connectivity index (χ0) is 27.7. The highest BCUT2D eigenvalue weighted by atomic mass is 16.6. The largest absolute Gasteiger partial charge is 0.464 e. The van der Waals surface area contributed by atoms with Crippen LogP contribution in [0.15, 0.2) is 72.8 Å². The Morgan fingerprint density at radius 1 is 0.711 bits per heavy atom. The second-order valence-electron chi connectivity index (χ2n) is 7.80. The molecule has 10 nitrogen and oxygen atoms in total. The van der Waals surface area contributed by atoms with E-state index in [-0.39, 0.29) is 35.0 Å². The van der Waals surface area contributed by atoms with Gasteiger partial charge in [0, 0.05) is 13.8 Å². The third-order valence-electron chi connectivity index (χ3n) is 4.97. The number of nitrogens with one attached hydrogen (secondary N) is 1. The Bertz CT molecular complexity index is 1350. The molecule has 0 bridgehead atoms. The van der Waals surface area contributed by atoms with Gasteiger partial charge in [-0.3, -0.25) is 14.4 Å². The summed E-state index contributed by atoms with van der Waals surface area (Å²) in [5.74, 6) is -3.09. The van der Waals surface area contributed by atoms with Gasteiger partial charge in [-0.25, -0.2) is 9.59 Å². The maximum Gasteiger partial charge on any atom is 0.347 e. The molecule has 0 aliphatic carbocycles. The van der Waals surface area contributed by atoms with Crippen LogP contribution >= 0.6 is 0 Å². The lowest BCUT2D eigenvalue weighted by Crippen LogP contribution is -2.35. The van der Waals surface area contributed by atoms with Gasteiger partial charge in [-0.05, 0) is 48.9 Å². The Balaban J connectivity index is 1.81. The summed E-state index contributed by atoms with van der Waals surface area (Å²) in [5, 5.41) is 2.60. The van der Waals surface area contributed by atoms with Gasteiger partial charge < -0.3 is 24.3 Å². The number of carbonyl (C=O) groups excluding carboxylic acids is 5.